The summed E-state index contributed by atoms with van der Waals surface area (Å²) >= 11 is 0. The Kier molecular flexibility index (Phi) is 7.88. The van der Waals surface area contributed by atoms with Crippen molar-refractivity contribution >= 4 is 44.8 Å². The van der Waals surface area contributed by atoms with Crippen LogP contribution in [-0.2, 0) is 28.9 Å². The number of ether oxygens (including phenoxy) is 2. The van der Waals surface area contributed by atoms with Crippen LogP contribution < -0.4 is 15.5 Å². The number of terminal acetylenes is 1. The van der Waals surface area contributed by atoms with Crippen LogP contribution in [0, 0.1) is 12.3 Å². The van der Waals surface area contributed by atoms with Gasteiger partial charge in [0, 0.05) is 35.4 Å². The zero-order valence-corrected chi connectivity index (χ0v) is 19.1. The highest BCUT2D eigenvalue weighted by Gasteiger charge is 2.28. The van der Waals surface area contributed by atoms with Gasteiger partial charge in [0.2, 0.25) is 0 Å². The summed E-state index contributed by atoms with van der Waals surface area (Å²) in [5.41, 5.74) is 1.93. The van der Waals surface area contributed by atoms with E-state index in [4.69, 9.17) is 15.9 Å². The topological polar surface area (TPSA) is 131 Å². The Morgan fingerprint density at radius 1 is 1.12 bits per heavy atom. The first-order chi connectivity index (χ1) is 16.1. The van der Waals surface area contributed by atoms with E-state index in [-0.39, 0.29) is 12.5 Å². The molecule has 1 saturated heterocycles. The van der Waals surface area contributed by atoms with Gasteiger partial charge in [0.05, 0.1) is 12.4 Å². The second-order valence-corrected chi connectivity index (χ2v) is 9.65. The monoisotopic (exact) mass is 485 g/mol. The molecule has 2 N–H and O–H groups in total. The second kappa shape index (κ2) is 10.8. The lowest BCUT2D eigenvalue weighted by Crippen LogP contribution is -2.41. The van der Waals surface area contributed by atoms with Gasteiger partial charge in [-0.2, -0.15) is 0 Å². The highest BCUT2D eigenvalue weighted by molar-refractivity contribution is 7.90. The molecule has 1 aliphatic rings. The number of carbonyl (C=O) groups excluding carboxylic acids is 3. The van der Waals surface area contributed by atoms with Crippen molar-refractivity contribution in [3.63, 3.8) is 0 Å². The number of rotatable bonds is 7. The van der Waals surface area contributed by atoms with Gasteiger partial charge in [-0.15, -0.1) is 6.42 Å². The predicted octanol–water partition coefficient (Wildman–Crippen LogP) is 1.63. The Morgan fingerprint density at radius 3 is 2.32 bits per heavy atom. The first-order valence-electron chi connectivity index (χ1n) is 10.2. The maximum absolute atomic E-state index is 12.7. The van der Waals surface area contributed by atoms with Crippen LogP contribution >= 0.6 is 0 Å². The van der Waals surface area contributed by atoms with E-state index in [1.54, 1.807) is 53.4 Å². The third-order valence-electron chi connectivity index (χ3n) is 4.73. The molecule has 0 bridgehead atoms. The largest absolute Gasteiger partial charge is 0.435 e. The Labute approximate surface area is 197 Å². The molecule has 178 valence electrons. The number of anilines is 3. The minimum Gasteiger partial charge on any atom is -0.435 e. The lowest BCUT2D eigenvalue weighted by molar-refractivity contribution is -0.125. The third-order valence-corrected chi connectivity index (χ3v) is 5.63. The molecule has 0 aliphatic carbocycles. The second-order valence-electron chi connectivity index (χ2n) is 7.47. The maximum atomic E-state index is 12.7. The molecule has 2 aromatic carbocycles. The Morgan fingerprint density at radius 2 is 1.74 bits per heavy atom. The quantitative estimate of drug-likeness (QED) is 0.570. The number of benzene rings is 2. The van der Waals surface area contributed by atoms with Gasteiger partial charge in [0.25, 0.3) is 11.8 Å². The van der Waals surface area contributed by atoms with E-state index in [0.29, 0.717) is 35.8 Å². The third kappa shape index (κ3) is 7.06. The van der Waals surface area contributed by atoms with E-state index < -0.39 is 33.7 Å². The van der Waals surface area contributed by atoms with E-state index in [1.165, 1.54) is 0 Å². The molecule has 3 amide bonds. The van der Waals surface area contributed by atoms with Gasteiger partial charge in [0.15, 0.2) is 15.9 Å². The highest BCUT2D eigenvalue weighted by atomic mass is 32.2. The van der Waals surface area contributed by atoms with Gasteiger partial charge in [-0.3, -0.25) is 14.9 Å². The summed E-state index contributed by atoms with van der Waals surface area (Å²) in [6.07, 6.45) is 3.62. The predicted molar refractivity (Wildman–Crippen MR) is 126 cm³/mol. The smallest absolute Gasteiger partial charge is 0.412 e. The van der Waals surface area contributed by atoms with Crippen molar-refractivity contribution in [2.24, 2.45) is 0 Å². The van der Waals surface area contributed by atoms with Crippen LogP contribution in [0.1, 0.15) is 5.56 Å². The van der Waals surface area contributed by atoms with Gasteiger partial charge in [-0.1, -0.05) is 5.92 Å². The lowest BCUT2D eigenvalue weighted by Gasteiger charge is -2.27. The van der Waals surface area contributed by atoms with Crippen LogP contribution in [0.25, 0.3) is 0 Å². The molecule has 1 unspecified atom stereocenters. The molecule has 10 nitrogen and oxygen atoms in total. The van der Waals surface area contributed by atoms with Crippen molar-refractivity contribution in [2.75, 3.05) is 47.3 Å². The van der Waals surface area contributed by atoms with Crippen LogP contribution in [0.15, 0.2) is 48.5 Å². The summed E-state index contributed by atoms with van der Waals surface area (Å²) in [4.78, 5) is 38.5. The molecule has 2 aromatic rings. The number of sulfone groups is 1. The SMILES string of the molecule is C#Cc1ccc(NC(=O)OC(CS(C)(=O)=O)C(=O)Nc2ccc(N3CCOCC3=O)cc2)cc1. The molecule has 1 atom stereocenters. The van der Waals surface area contributed by atoms with E-state index in [1.807, 2.05) is 0 Å². The Hall–Kier alpha value is -3.88. The molecule has 11 heteroatoms. The summed E-state index contributed by atoms with van der Waals surface area (Å²) in [5, 5.41) is 4.96. The standard InChI is InChI=1S/C23H23N3O7S/c1-3-16-4-6-18(7-5-16)25-23(29)33-20(15-34(2,30)31)22(28)24-17-8-10-19(11-9-17)26-12-13-32-14-21(26)27/h1,4-11,20H,12-15H2,2H3,(H,24,28)(H,25,29). The summed E-state index contributed by atoms with van der Waals surface area (Å²) in [5.74, 6) is 0.736. The van der Waals surface area contributed by atoms with Gasteiger partial charge in [0.1, 0.15) is 6.61 Å². The van der Waals surface area contributed by atoms with Crippen LogP contribution in [0.3, 0.4) is 0 Å². The molecular formula is C23H23N3O7S. The average molecular weight is 486 g/mol. The number of carbonyl (C=O) groups is 3. The summed E-state index contributed by atoms with van der Waals surface area (Å²) in [7, 11) is -3.66. The molecule has 1 fully saturated rings. The fourth-order valence-electron chi connectivity index (χ4n) is 3.10. The van der Waals surface area contributed by atoms with Gasteiger partial charge >= 0.3 is 6.09 Å². The molecule has 3 rings (SSSR count). The van der Waals surface area contributed by atoms with Crippen LogP contribution in [0.4, 0.5) is 21.9 Å². The molecule has 1 heterocycles. The van der Waals surface area contributed by atoms with E-state index >= 15 is 0 Å². The van der Waals surface area contributed by atoms with Gasteiger partial charge < -0.3 is 19.7 Å². The number of amides is 3. The first kappa shape index (κ1) is 24.8. The Balaban J connectivity index is 1.66. The zero-order valence-electron chi connectivity index (χ0n) is 18.3. The van der Waals surface area contributed by atoms with E-state index in [2.05, 4.69) is 16.6 Å². The molecule has 34 heavy (non-hydrogen) atoms. The van der Waals surface area contributed by atoms with E-state index in [9.17, 15) is 22.8 Å². The van der Waals surface area contributed by atoms with Crippen molar-refractivity contribution in [2.45, 2.75) is 6.10 Å². The first-order valence-corrected chi connectivity index (χ1v) is 12.2. The number of hydrogen-bond acceptors (Lipinski definition) is 7. The average Bonchev–Trinajstić information content (AvgIpc) is 2.79. The minimum atomic E-state index is -3.66. The van der Waals surface area contributed by atoms with Crippen molar-refractivity contribution in [3.05, 3.63) is 54.1 Å². The number of morpholine rings is 1. The molecule has 0 aromatic heterocycles. The number of hydrogen-bond donors (Lipinski definition) is 2. The van der Waals surface area contributed by atoms with E-state index in [0.717, 1.165) is 6.26 Å². The summed E-state index contributed by atoms with van der Waals surface area (Å²) in [6, 6.07) is 12.7. The van der Waals surface area contributed by atoms with Crippen molar-refractivity contribution in [1.82, 2.24) is 0 Å². The fourth-order valence-corrected chi connectivity index (χ4v) is 3.87. The van der Waals surface area contributed by atoms with Crippen molar-refractivity contribution < 1.29 is 32.3 Å². The van der Waals surface area contributed by atoms with Gasteiger partial charge in [-0.05, 0) is 48.5 Å². The fraction of sp³-hybridized carbons (Fsp3) is 0.261. The lowest BCUT2D eigenvalue weighted by atomic mass is 10.2. The summed E-state index contributed by atoms with van der Waals surface area (Å²) in [6.45, 7) is 0.833. The number of nitrogens with one attached hydrogen (secondary N) is 2. The minimum absolute atomic E-state index is 0.000879. The molecule has 0 radical (unpaired) electrons. The zero-order chi connectivity index (χ0) is 24.7. The summed E-state index contributed by atoms with van der Waals surface area (Å²) < 4.78 is 33.8. The molecule has 1 aliphatic heterocycles. The molecule has 0 spiro atoms. The maximum Gasteiger partial charge on any atom is 0.412 e. The van der Waals surface area contributed by atoms with Crippen LogP contribution in [0.5, 0.6) is 0 Å². The van der Waals surface area contributed by atoms with Crippen LogP contribution in [0.2, 0.25) is 0 Å². The molecule has 0 saturated carbocycles. The Bertz CT molecular complexity index is 1200. The van der Waals surface area contributed by atoms with Gasteiger partial charge in [-0.25, -0.2) is 13.2 Å². The van der Waals surface area contributed by atoms with Crippen molar-refractivity contribution in [1.29, 1.82) is 0 Å². The molecular weight excluding hydrogens is 462 g/mol. The normalized spacial score (nSPS) is 14.6. The van der Waals surface area contributed by atoms with Crippen LogP contribution in [-0.4, -0.2) is 64.2 Å². The highest BCUT2D eigenvalue weighted by Crippen LogP contribution is 2.20. The van der Waals surface area contributed by atoms with Crippen molar-refractivity contribution in [3.8, 4) is 12.3 Å². The number of nitrogens with zero attached hydrogens (tertiary/aromatic N) is 1.